The van der Waals surface area contributed by atoms with Gasteiger partial charge < -0.3 is 15.0 Å². The van der Waals surface area contributed by atoms with Gasteiger partial charge in [-0.05, 0) is 69.4 Å². The fourth-order valence-electron chi connectivity index (χ4n) is 4.17. The Kier molecular flexibility index (Phi) is 6.30. The molecule has 3 heterocycles. The van der Waals surface area contributed by atoms with Gasteiger partial charge in [-0.2, -0.15) is 0 Å². The number of nitrogens with zero attached hydrogens (tertiary/aromatic N) is 4. The zero-order valence-corrected chi connectivity index (χ0v) is 20.7. The second-order valence-electron chi connectivity index (χ2n) is 10.2. The maximum absolute atomic E-state index is 12.7. The highest BCUT2D eigenvalue weighted by molar-refractivity contribution is 6.05. The molecule has 9 heteroatoms. The van der Waals surface area contributed by atoms with Gasteiger partial charge in [-0.1, -0.05) is 12.1 Å². The zero-order chi connectivity index (χ0) is 25.3. The van der Waals surface area contributed by atoms with Crippen LogP contribution in [0.25, 0.3) is 16.5 Å². The van der Waals surface area contributed by atoms with Crippen LogP contribution in [0, 0.1) is 0 Å². The summed E-state index contributed by atoms with van der Waals surface area (Å²) in [5.41, 5.74) is 4.00. The van der Waals surface area contributed by atoms with Crippen LogP contribution in [-0.2, 0) is 4.74 Å². The molecule has 1 fully saturated rings. The van der Waals surface area contributed by atoms with Crippen LogP contribution in [0.3, 0.4) is 0 Å². The molecule has 36 heavy (non-hydrogen) atoms. The first kappa shape index (κ1) is 23.7. The van der Waals surface area contributed by atoms with Crippen LogP contribution < -0.4 is 10.6 Å². The molecule has 1 saturated carbocycles. The molecule has 0 atom stereocenters. The summed E-state index contributed by atoms with van der Waals surface area (Å²) < 4.78 is 5.49. The van der Waals surface area contributed by atoms with Crippen LogP contribution in [0.2, 0.25) is 0 Å². The van der Waals surface area contributed by atoms with Crippen molar-refractivity contribution in [2.45, 2.75) is 51.6 Å². The van der Waals surface area contributed by atoms with E-state index >= 15 is 0 Å². The highest BCUT2D eigenvalue weighted by atomic mass is 16.6. The van der Waals surface area contributed by atoms with Gasteiger partial charge >= 0.3 is 12.1 Å². The fourth-order valence-corrected chi connectivity index (χ4v) is 4.17. The van der Waals surface area contributed by atoms with Gasteiger partial charge in [0.15, 0.2) is 5.82 Å². The molecule has 3 aromatic rings. The summed E-state index contributed by atoms with van der Waals surface area (Å²) in [4.78, 5) is 40.0. The van der Waals surface area contributed by atoms with Crippen LogP contribution in [0.4, 0.5) is 21.1 Å². The quantitative estimate of drug-likeness (QED) is 0.499. The normalized spacial score (nSPS) is 15.9. The van der Waals surface area contributed by atoms with Crippen molar-refractivity contribution in [2.75, 3.05) is 23.7 Å². The number of hydrogen-bond donors (Lipinski definition) is 2. The minimum absolute atomic E-state index is 0.301. The minimum Gasteiger partial charge on any atom is -0.444 e. The second-order valence-corrected chi connectivity index (χ2v) is 10.2. The van der Waals surface area contributed by atoms with Crippen molar-refractivity contribution < 1.29 is 14.3 Å². The van der Waals surface area contributed by atoms with Crippen LogP contribution in [-0.4, -0.2) is 50.7 Å². The van der Waals surface area contributed by atoms with E-state index in [-0.39, 0.29) is 12.1 Å². The second kappa shape index (κ2) is 9.56. The number of carbonyl (C=O) groups excluding carboxylic acids is 2. The molecule has 0 bridgehead atoms. The lowest BCUT2D eigenvalue weighted by molar-refractivity contribution is 0.0270. The number of benzene rings is 1. The molecule has 0 unspecified atom stereocenters. The lowest BCUT2D eigenvalue weighted by atomic mass is 9.97. The average molecular weight is 487 g/mol. The Balaban J connectivity index is 1.30. The molecule has 186 valence electrons. The number of carbonyl (C=O) groups is 2. The van der Waals surface area contributed by atoms with Crippen molar-refractivity contribution in [3.05, 3.63) is 60.2 Å². The van der Waals surface area contributed by atoms with E-state index in [1.165, 1.54) is 0 Å². The van der Waals surface area contributed by atoms with Gasteiger partial charge in [0.05, 0.1) is 23.1 Å². The predicted molar refractivity (Wildman–Crippen MR) is 139 cm³/mol. The first-order chi connectivity index (χ1) is 17.2. The van der Waals surface area contributed by atoms with Gasteiger partial charge in [-0.25, -0.2) is 14.6 Å². The van der Waals surface area contributed by atoms with Crippen molar-refractivity contribution in [3.8, 4) is 0 Å². The Bertz CT molecular complexity index is 1340. The van der Waals surface area contributed by atoms with Crippen molar-refractivity contribution in [1.29, 1.82) is 0 Å². The molecular weight excluding hydrogens is 456 g/mol. The Hall–Kier alpha value is -4.01. The summed E-state index contributed by atoms with van der Waals surface area (Å²) in [6.07, 6.45) is 9.67. The van der Waals surface area contributed by atoms with Crippen molar-refractivity contribution in [2.24, 2.45) is 0 Å². The van der Waals surface area contributed by atoms with E-state index in [0.717, 1.165) is 40.6 Å². The number of pyridine rings is 1. The number of nitrogens with one attached hydrogen (secondary N) is 2. The van der Waals surface area contributed by atoms with Crippen LogP contribution in [0.1, 0.15) is 57.2 Å². The maximum atomic E-state index is 12.7. The molecule has 2 aliphatic rings. The number of rotatable bonds is 4. The lowest BCUT2D eigenvalue weighted by Crippen LogP contribution is -2.39. The Labute approximate surface area is 210 Å². The van der Waals surface area contributed by atoms with Gasteiger partial charge in [0.1, 0.15) is 5.60 Å². The van der Waals surface area contributed by atoms with Gasteiger partial charge in [0, 0.05) is 36.8 Å². The molecule has 3 amide bonds. The maximum Gasteiger partial charge on any atom is 0.410 e. The topological polar surface area (TPSA) is 109 Å². The summed E-state index contributed by atoms with van der Waals surface area (Å²) in [6, 6.07) is 7.38. The Morgan fingerprint density at radius 2 is 1.94 bits per heavy atom. The minimum atomic E-state index is -0.519. The Morgan fingerprint density at radius 1 is 1.11 bits per heavy atom. The highest BCUT2D eigenvalue weighted by Gasteiger charge is 2.26. The molecule has 2 aromatic heterocycles. The molecule has 2 N–H and O–H groups in total. The summed E-state index contributed by atoms with van der Waals surface area (Å²) in [5.74, 6) is 0.882. The van der Waals surface area contributed by atoms with Crippen LogP contribution >= 0.6 is 0 Å². The number of ether oxygens (including phenoxy) is 1. The third-order valence-corrected chi connectivity index (χ3v) is 6.11. The van der Waals surface area contributed by atoms with E-state index in [0.29, 0.717) is 36.9 Å². The van der Waals surface area contributed by atoms with E-state index < -0.39 is 5.60 Å². The summed E-state index contributed by atoms with van der Waals surface area (Å²) in [7, 11) is 0. The predicted octanol–water partition coefficient (Wildman–Crippen LogP) is 5.57. The van der Waals surface area contributed by atoms with Gasteiger partial charge in [-0.15, -0.1) is 0 Å². The standard InChI is InChI=1S/C27H30N6O3/c1-27(2,3)36-26(35)33-12-9-17(10-13-33)19-6-7-21-20(14-19)22(8-11-29-21)31-25(34)32-24-16-28-15-23(30-24)18-4-5-18/h6-9,11,14-16,18H,4-5,10,12-13H2,1-3H3,(H2,29,30,31,32,34). The Morgan fingerprint density at radius 3 is 2.67 bits per heavy atom. The van der Waals surface area contributed by atoms with Crippen molar-refractivity contribution in [3.63, 3.8) is 0 Å². The first-order valence-electron chi connectivity index (χ1n) is 12.2. The largest absolute Gasteiger partial charge is 0.444 e. The molecule has 1 aromatic carbocycles. The van der Waals surface area contributed by atoms with E-state index in [1.54, 1.807) is 29.6 Å². The van der Waals surface area contributed by atoms with E-state index in [4.69, 9.17) is 4.74 Å². The number of hydrogen-bond acceptors (Lipinski definition) is 6. The first-order valence-corrected chi connectivity index (χ1v) is 12.2. The summed E-state index contributed by atoms with van der Waals surface area (Å²) in [5, 5.41) is 6.54. The number of fused-ring (bicyclic) bond motifs is 1. The fraction of sp³-hybridized carbons (Fsp3) is 0.370. The molecular formula is C27H30N6O3. The summed E-state index contributed by atoms with van der Waals surface area (Å²) >= 11 is 0. The molecule has 5 rings (SSSR count). The highest BCUT2D eigenvalue weighted by Crippen LogP contribution is 2.38. The van der Waals surface area contributed by atoms with Crippen LogP contribution in [0.5, 0.6) is 0 Å². The molecule has 1 aliphatic carbocycles. The van der Waals surface area contributed by atoms with Gasteiger partial charge in [-0.3, -0.25) is 15.3 Å². The third-order valence-electron chi connectivity index (χ3n) is 6.11. The van der Waals surface area contributed by atoms with E-state index in [1.807, 2.05) is 39.0 Å². The number of amides is 3. The van der Waals surface area contributed by atoms with Gasteiger partial charge in [0.2, 0.25) is 0 Å². The van der Waals surface area contributed by atoms with Crippen molar-refractivity contribution in [1.82, 2.24) is 19.9 Å². The monoisotopic (exact) mass is 486 g/mol. The van der Waals surface area contributed by atoms with E-state index in [9.17, 15) is 9.59 Å². The number of aromatic nitrogens is 3. The molecule has 0 radical (unpaired) electrons. The molecule has 0 spiro atoms. The lowest BCUT2D eigenvalue weighted by Gasteiger charge is -2.29. The van der Waals surface area contributed by atoms with Gasteiger partial charge in [0.25, 0.3) is 0 Å². The third kappa shape index (κ3) is 5.62. The van der Waals surface area contributed by atoms with Crippen LogP contribution in [0.15, 0.2) is 48.9 Å². The van der Waals surface area contributed by atoms with E-state index in [2.05, 4.69) is 31.7 Å². The molecule has 1 aliphatic heterocycles. The zero-order valence-electron chi connectivity index (χ0n) is 20.7. The van der Waals surface area contributed by atoms with Crippen molar-refractivity contribution >= 4 is 40.1 Å². The smallest absolute Gasteiger partial charge is 0.410 e. The molecule has 9 nitrogen and oxygen atoms in total. The summed E-state index contributed by atoms with van der Waals surface area (Å²) in [6.45, 7) is 6.67. The number of urea groups is 1. The SMILES string of the molecule is CC(C)(C)OC(=O)N1CC=C(c2ccc3nccc(NC(=O)Nc4cncc(C5CC5)n4)c3c2)CC1. The number of anilines is 2. The molecule has 0 saturated heterocycles. The average Bonchev–Trinajstić information content (AvgIpc) is 3.69.